The maximum absolute atomic E-state index is 12.5. The molecule has 1 saturated carbocycles. The monoisotopic (exact) mass is 274 g/mol. The highest BCUT2D eigenvalue weighted by atomic mass is 19.4. The predicted molar refractivity (Wildman–Crippen MR) is 64.7 cm³/mol. The second-order valence-electron chi connectivity index (χ2n) is 5.38. The highest BCUT2D eigenvalue weighted by Gasteiger charge is 2.36. The number of nitrogens with zero attached hydrogens (tertiary/aromatic N) is 1. The molecule has 6 heteroatoms. The quantitative estimate of drug-likeness (QED) is 0.898. The maximum atomic E-state index is 12.5. The molecule has 1 aliphatic rings. The van der Waals surface area contributed by atoms with Gasteiger partial charge >= 0.3 is 6.18 Å². The number of nitrogens with one attached hydrogen (secondary N) is 1. The number of carbonyl (C=O) groups is 1. The summed E-state index contributed by atoms with van der Waals surface area (Å²) >= 11 is 0. The fraction of sp³-hybridized carbons (Fsp3) is 0.615. The number of aromatic nitrogens is 1. The van der Waals surface area contributed by atoms with Crippen LogP contribution in [0.15, 0.2) is 12.3 Å². The van der Waals surface area contributed by atoms with E-state index in [1.807, 2.05) is 13.8 Å². The minimum Gasteiger partial charge on any atom is -0.357 e. The van der Waals surface area contributed by atoms with Crippen molar-refractivity contribution in [3.8, 4) is 0 Å². The number of rotatable bonds is 4. The summed E-state index contributed by atoms with van der Waals surface area (Å²) in [7, 11) is 0. The van der Waals surface area contributed by atoms with Crippen LogP contribution in [0.5, 0.6) is 0 Å². The van der Waals surface area contributed by atoms with Gasteiger partial charge in [0.05, 0.1) is 5.56 Å². The number of hydrogen-bond acceptors (Lipinski definition) is 1. The zero-order chi connectivity index (χ0) is 14.2. The number of alkyl halides is 3. The van der Waals surface area contributed by atoms with Crippen LogP contribution in [0.4, 0.5) is 13.2 Å². The number of amides is 1. The summed E-state index contributed by atoms with van der Waals surface area (Å²) in [4.78, 5) is 16.1. The van der Waals surface area contributed by atoms with E-state index in [9.17, 15) is 18.0 Å². The molecule has 0 atom stereocenters. The molecule has 19 heavy (non-hydrogen) atoms. The fourth-order valence-electron chi connectivity index (χ4n) is 2.02. The Morgan fingerprint density at radius 2 is 2.11 bits per heavy atom. The van der Waals surface area contributed by atoms with Crippen molar-refractivity contribution in [1.82, 2.24) is 9.88 Å². The van der Waals surface area contributed by atoms with Gasteiger partial charge in [-0.15, -0.1) is 0 Å². The van der Waals surface area contributed by atoms with Crippen molar-refractivity contribution in [2.24, 2.45) is 5.92 Å². The topological polar surface area (TPSA) is 36.1 Å². The van der Waals surface area contributed by atoms with E-state index in [0.29, 0.717) is 12.5 Å². The SMILES string of the molecule is CC(C)CN(C(=O)c1c[nH]c(C(F)(F)F)c1)C1CC1. The van der Waals surface area contributed by atoms with Crippen LogP contribution in [0.2, 0.25) is 0 Å². The minimum absolute atomic E-state index is 0.0832. The van der Waals surface area contributed by atoms with Crippen molar-refractivity contribution in [2.75, 3.05) is 6.54 Å². The molecule has 1 heterocycles. The molecule has 3 nitrogen and oxygen atoms in total. The largest absolute Gasteiger partial charge is 0.431 e. The van der Waals surface area contributed by atoms with Crippen LogP contribution >= 0.6 is 0 Å². The molecule has 0 bridgehead atoms. The van der Waals surface area contributed by atoms with Gasteiger partial charge in [0.2, 0.25) is 0 Å². The maximum Gasteiger partial charge on any atom is 0.431 e. The van der Waals surface area contributed by atoms with E-state index >= 15 is 0 Å². The van der Waals surface area contributed by atoms with Crippen LogP contribution < -0.4 is 0 Å². The molecule has 0 unspecified atom stereocenters. The second kappa shape index (κ2) is 4.90. The third-order valence-corrected chi connectivity index (χ3v) is 3.05. The Balaban J connectivity index is 2.15. The summed E-state index contributed by atoms with van der Waals surface area (Å²) in [5, 5.41) is 0. The molecule has 0 saturated heterocycles. The molecule has 106 valence electrons. The Bertz CT molecular complexity index is 461. The molecule has 1 amide bonds. The Hall–Kier alpha value is -1.46. The minimum atomic E-state index is -4.44. The van der Waals surface area contributed by atoms with Crippen molar-refractivity contribution in [1.29, 1.82) is 0 Å². The van der Waals surface area contributed by atoms with Crippen LogP contribution in [-0.2, 0) is 6.18 Å². The Morgan fingerprint density at radius 3 is 2.53 bits per heavy atom. The number of H-pyrrole nitrogens is 1. The average Bonchev–Trinajstić information content (AvgIpc) is 2.99. The van der Waals surface area contributed by atoms with E-state index < -0.39 is 11.9 Å². The van der Waals surface area contributed by atoms with Gasteiger partial charge in [-0.25, -0.2) is 0 Å². The molecule has 0 spiro atoms. The summed E-state index contributed by atoms with van der Waals surface area (Å²) < 4.78 is 37.5. The van der Waals surface area contributed by atoms with E-state index in [-0.39, 0.29) is 17.5 Å². The molecule has 1 aliphatic carbocycles. The smallest absolute Gasteiger partial charge is 0.357 e. The predicted octanol–water partition coefficient (Wildman–Crippen LogP) is 3.29. The van der Waals surface area contributed by atoms with Gasteiger partial charge in [0.25, 0.3) is 5.91 Å². The van der Waals surface area contributed by atoms with Crippen LogP contribution in [0.3, 0.4) is 0 Å². The fourth-order valence-corrected chi connectivity index (χ4v) is 2.02. The zero-order valence-electron chi connectivity index (χ0n) is 10.9. The van der Waals surface area contributed by atoms with E-state index in [1.54, 1.807) is 4.90 Å². The summed E-state index contributed by atoms with van der Waals surface area (Å²) in [6.45, 7) is 4.55. The number of carbonyl (C=O) groups excluding carboxylic acids is 1. The van der Waals surface area contributed by atoms with Gasteiger partial charge in [-0.05, 0) is 24.8 Å². The molecule has 0 aliphatic heterocycles. The number of aromatic amines is 1. The molecule has 1 aromatic heterocycles. The van der Waals surface area contributed by atoms with Crippen molar-refractivity contribution in [2.45, 2.75) is 38.9 Å². The van der Waals surface area contributed by atoms with Crippen molar-refractivity contribution < 1.29 is 18.0 Å². The van der Waals surface area contributed by atoms with Gasteiger partial charge in [0.1, 0.15) is 5.69 Å². The summed E-state index contributed by atoms with van der Waals surface area (Å²) in [6.07, 6.45) is -1.42. The van der Waals surface area contributed by atoms with Gasteiger partial charge in [0, 0.05) is 18.8 Å². The first-order valence-corrected chi connectivity index (χ1v) is 6.35. The summed E-state index contributed by atoms with van der Waals surface area (Å²) in [6, 6.07) is 1.08. The first kappa shape index (κ1) is 14.0. The van der Waals surface area contributed by atoms with Gasteiger partial charge < -0.3 is 9.88 Å². The lowest BCUT2D eigenvalue weighted by Crippen LogP contribution is -2.35. The first-order chi connectivity index (χ1) is 8.79. The van der Waals surface area contributed by atoms with Crippen molar-refractivity contribution in [3.05, 3.63) is 23.5 Å². The van der Waals surface area contributed by atoms with Crippen LogP contribution in [0.25, 0.3) is 0 Å². The molecule has 0 aromatic carbocycles. The highest BCUT2D eigenvalue weighted by molar-refractivity contribution is 5.94. The van der Waals surface area contributed by atoms with E-state index in [4.69, 9.17) is 0 Å². The van der Waals surface area contributed by atoms with Gasteiger partial charge in [-0.2, -0.15) is 13.2 Å². The third-order valence-electron chi connectivity index (χ3n) is 3.05. The first-order valence-electron chi connectivity index (χ1n) is 6.35. The Morgan fingerprint density at radius 1 is 1.47 bits per heavy atom. The van der Waals surface area contributed by atoms with Gasteiger partial charge in [0.15, 0.2) is 0 Å². The van der Waals surface area contributed by atoms with Crippen LogP contribution in [-0.4, -0.2) is 28.4 Å². The molecular formula is C13H17F3N2O. The Labute approximate surface area is 109 Å². The number of halogens is 3. The lowest BCUT2D eigenvalue weighted by molar-refractivity contribution is -0.140. The lowest BCUT2D eigenvalue weighted by Gasteiger charge is -2.23. The molecule has 0 radical (unpaired) electrons. The van der Waals surface area contributed by atoms with Gasteiger partial charge in [-0.3, -0.25) is 4.79 Å². The zero-order valence-corrected chi connectivity index (χ0v) is 10.9. The van der Waals surface area contributed by atoms with E-state index in [0.717, 1.165) is 25.1 Å². The summed E-state index contributed by atoms with van der Waals surface area (Å²) in [5.74, 6) is -0.0199. The molecule has 1 fully saturated rings. The standard InChI is InChI=1S/C13H17F3N2O/c1-8(2)7-18(10-3-4-10)12(19)9-5-11(17-6-9)13(14,15)16/h5-6,8,10,17H,3-4,7H2,1-2H3. The second-order valence-corrected chi connectivity index (χ2v) is 5.38. The lowest BCUT2D eigenvalue weighted by atomic mass is 10.2. The van der Waals surface area contributed by atoms with Gasteiger partial charge in [-0.1, -0.05) is 13.8 Å². The summed E-state index contributed by atoms with van der Waals surface area (Å²) in [5.41, 5.74) is -0.795. The number of hydrogen-bond donors (Lipinski definition) is 1. The molecule has 1 aromatic rings. The normalized spacial score (nSPS) is 15.9. The molecule has 2 rings (SSSR count). The highest BCUT2D eigenvalue weighted by Crippen LogP contribution is 2.31. The molecular weight excluding hydrogens is 257 g/mol. The van der Waals surface area contributed by atoms with E-state index in [2.05, 4.69) is 4.98 Å². The van der Waals surface area contributed by atoms with Crippen LogP contribution in [0, 0.1) is 5.92 Å². The van der Waals surface area contributed by atoms with Crippen molar-refractivity contribution in [3.63, 3.8) is 0 Å². The van der Waals surface area contributed by atoms with Crippen molar-refractivity contribution >= 4 is 5.91 Å². The Kier molecular flexibility index (Phi) is 3.60. The molecule has 1 N–H and O–H groups in total. The van der Waals surface area contributed by atoms with E-state index in [1.165, 1.54) is 0 Å². The third kappa shape index (κ3) is 3.30. The average molecular weight is 274 g/mol. The van der Waals surface area contributed by atoms with Crippen LogP contribution in [0.1, 0.15) is 42.7 Å².